The van der Waals surface area contributed by atoms with Crippen LogP contribution < -0.4 is 10.0 Å². The van der Waals surface area contributed by atoms with E-state index >= 15 is 0 Å². The Morgan fingerprint density at radius 2 is 1.80 bits per heavy atom. The van der Waals surface area contributed by atoms with Crippen LogP contribution in [0.5, 0.6) is 0 Å². The number of carbonyl (C=O) groups excluding carboxylic acids is 1. The Bertz CT molecular complexity index is 823. The lowest BCUT2D eigenvalue weighted by molar-refractivity contribution is 0.0949. The number of para-hydroxylation sites is 1. The van der Waals surface area contributed by atoms with Gasteiger partial charge in [-0.1, -0.05) is 12.1 Å². The van der Waals surface area contributed by atoms with Crippen molar-refractivity contribution in [3.63, 3.8) is 0 Å². The van der Waals surface area contributed by atoms with Crippen molar-refractivity contribution in [2.75, 3.05) is 25.0 Å². The van der Waals surface area contributed by atoms with Crippen LogP contribution in [0.4, 0.5) is 10.1 Å². The van der Waals surface area contributed by atoms with E-state index in [1.165, 1.54) is 12.1 Å². The molecule has 8 heteroatoms. The monoisotopic (exact) mass is 366 g/mol. The Hall–Kier alpha value is -2.45. The summed E-state index contributed by atoms with van der Waals surface area (Å²) in [6.45, 7) is 0.921. The third-order valence-corrected chi connectivity index (χ3v) is 4.73. The molecule has 0 unspecified atom stereocenters. The van der Waals surface area contributed by atoms with E-state index in [0.717, 1.165) is 24.3 Å². The fraction of sp³-hybridized carbons (Fsp3) is 0.235. The first-order chi connectivity index (χ1) is 11.9. The van der Waals surface area contributed by atoms with Crippen LogP contribution in [-0.4, -0.2) is 34.6 Å². The molecule has 0 atom stereocenters. The van der Waals surface area contributed by atoms with E-state index in [2.05, 4.69) is 10.0 Å². The zero-order valence-electron chi connectivity index (χ0n) is 13.7. The number of carbonyl (C=O) groups is 1. The Morgan fingerprint density at radius 1 is 1.12 bits per heavy atom. The molecule has 0 aliphatic carbocycles. The van der Waals surface area contributed by atoms with Crippen molar-refractivity contribution in [3.8, 4) is 0 Å². The summed E-state index contributed by atoms with van der Waals surface area (Å²) in [5.41, 5.74) is 0.349. The molecule has 6 nitrogen and oxygen atoms in total. The fourth-order valence-corrected chi connectivity index (χ4v) is 3.18. The molecule has 2 N–H and O–H groups in total. The average molecular weight is 366 g/mol. The minimum absolute atomic E-state index is 0.0933. The summed E-state index contributed by atoms with van der Waals surface area (Å²) in [5, 5.41) is 2.70. The van der Waals surface area contributed by atoms with Crippen LogP contribution in [0.25, 0.3) is 0 Å². The fourth-order valence-electron chi connectivity index (χ4n) is 2.10. The number of amides is 1. The van der Waals surface area contributed by atoms with Gasteiger partial charge in [0.05, 0.1) is 16.1 Å². The maximum Gasteiger partial charge on any atom is 0.261 e. The Labute approximate surface area is 146 Å². The molecule has 0 aliphatic rings. The van der Waals surface area contributed by atoms with Crippen molar-refractivity contribution in [1.82, 2.24) is 5.32 Å². The Morgan fingerprint density at radius 3 is 2.48 bits per heavy atom. The largest absolute Gasteiger partial charge is 0.385 e. The number of sulfonamides is 1. The number of methoxy groups -OCH3 is 1. The second kappa shape index (κ2) is 8.59. The summed E-state index contributed by atoms with van der Waals surface area (Å²) >= 11 is 0. The first kappa shape index (κ1) is 18.9. The maximum absolute atomic E-state index is 13.0. The zero-order chi connectivity index (χ0) is 18.3. The molecular weight excluding hydrogens is 347 g/mol. The third kappa shape index (κ3) is 5.27. The van der Waals surface area contributed by atoms with Crippen molar-refractivity contribution in [2.45, 2.75) is 11.3 Å². The van der Waals surface area contributed by atoms with Crippen molar-refractivity contribution >= 4 is 21.6 Å². The summed E-state index contributed by atoms with van der Waals surface area (Å²) in [4.78, 5) is 12.2. The van der Waals surface area contributed by atoms with Gasteiger partial charge in [-0.05, 0) is 42.8 Å². The molecule has 0 saturated carbocycles. The van der Waals surface area contributed by atoms with Gasteiger partial charge in [-0.2, -0.15) is 0 Å². The minimum atomic E-state index is -3.93. The first-order valence-corrected chi connectivity index (χ1v) is 9.07. The zero-order valence-corrected chi connectivity index (χ0v) is 14.5. The van der Waals surface area contributed by atoms with Crippen LogP contribution in [0, 0.1) is 5.82 Å². The molecule has 0 heterocycles. The molecule has 25 heavy (non-hydrogen) atoms. The van der Waals surface area contributed by atoms with Gasteiger partial charge in [-0.25, -0.2) is 12.8 Å². The number of ether oxygens (including phenoxy) is 1. The van der Waals surface area contributed by atoms with Crippen LogP contribution in [0.1, 0.15) is 16.8 Å². The van der Waals surface area contributed by atoms with E-state index in [4.69, 9.17) is 4.74 Å². The lowest BCUT2D eigenvalue weighted by Gasteiger charge is -2.13. The second-order valence-corrected chi connectivity index (χ2v) is 6.89. The van der Waals surface area contributed by atoms with Crippen molar-refractivity contribution < 1.29 is 22.3 Å². The smallest absolute Gasteiger partial charge is 0.261 e. The predicted molar refractivity (Wildman–Crippen MR) is 92.5 cm³/mol. The Balaban J connectivity index is 2.17. The standard InChI is InChI=1S/C17H19FN2O4S/c1-24-12-4-11-19-17(21)15-5-2-3-6-16(15)20-25(22,23)14-9-7-13(18)8-10-14/h2-3,5-10,20H,4,11-12H2,1H3,(H,19,21). The molecule has 0 radical (unpaired) electrons. The molecule has 0 saturated heterocycles. The summed E-state index contributed by atoms with van der Waals surface area (Å²) in [5.74, 6) is -0.928. The highest BCUT2D eigenvalue weighted by molar-refractivity contribution is 7.92. The lowest BCUT2D eigenvalue weighted by Crippen LogP contribution is -2.26. The average Bonchev–Trinajstić information content (AvgIpc) is 2.59. The Kier molecular flexibility index (Phi) is 6.49. The highest BCUT2D eigenvalue weighted by Gasteiger charge is 2.18. The van der Waals surface area contributed by atoms with E-state index in [-0.39, 0.29) is 16.1 Å². The molecule has 1 amide bonds. The van der Waals surface area contributed by atoms with Crippen LogP contribution in [0.2, 0.25) is 0 Å². The number of rotatable bonds is 8. The number of hydrogen-bond acceptors (Lipinski definition) is 4. The van der Waals surface area contributed by atoms with Gasteiger partial charge in [0.1, 0.15) is 5.82 Å². The summed E-state index contributed by atoms with van der Waals surface area (Å²) in [7, 11) is -2.36. The van der Waals surface area contributed by atoms with Gasteiger partial charge in [-0.15, -0.1) is 0 Å². The van der Waals surface area contributed by atoms with E-state index < -0.39 is 21.7 Å². The second-order valence-electron chi connectivity index (χ2n) is 5.21. The SMILES string of the molecule is COCCCNC(=O)c1ccccc1NS(=O)(=O)c1ccc(F)cc1. The normalized spacial score (nSPS) is 11.1. The maximum atomic E-state index is 13.0. The molecule has 0 aromatic heterocycles. The van der Waals surface area contributed by atoms with E-state index in [1.54, 1.807) is 19.2 Å². The topological polar surface area (TPSA) is 84.5 Å². The van der Waals surface area contributed by atoms with Crippen molar-refractivity contribution in [1.29, 1.82) is 0 Å². The molecule has 0 aliphatic heterocycles. The van der Waals surface area contributed by atoms with Gasteiger partial charge >= 0.3 is 0 Å². The number of anilines is 1. The van der Waals surface area contributed by atoms with E-state index in [0.29, 0.717) is 19.6 Å². The van der Waals surface area contributed by atoms with Gasteiger partial charge in [-0.3, -0.25) is 9.52 Å². The van der Waals surface area contributed by atoms with Gasteiger partial charge < -0.3 is 10.1 Å². The number of nitrogens with one attached hydrogen (secondary N) is 2. The van der Waals surface area contributed by atoms with Crippen LogP contribution in [0.15, 0.2) is 53.4 Å². The van der Waals surface area contributed by atoms with Crippen LogP contribution in [-0.2, 0) is 14.8 Å². The van der Waals surface area contributed by atoms with Gasteiger partial charge in [0, 0.05) is 20.3 Å². The molecule has 134 valence electrons. The molecule has 2 rings (SSSR count). The third-order valence-electron chi connectivity index (χ3n) is 3.35. The van der Waals surface area contributed by atoms with Crippen molar-refractivity contribution in [2.24, 2.45) is 0 Å². The van der Waals surface area contributed by atoms with Crippen molar-refractivity contribution in [3.05, 3.63) is 59.9 Å². The lowest BCUT2D eigenvalue weighted by atomic mass is 10.1. The van der Waals surface area contributed by atoms with Crippen LogP contribution in [0.3, 0.4) is 0 Å². The molecule has 0 bridgehead atoms. The summed E-state index contributed by atoms with van der Waals surface area (Å²) < 4.78 is 45.1. The highest BCUT2D eigenvalue weighted by Crippen LogP contribution is 2.20. The van der Waals surface area contributed by atoms with Gasteiger partial charge in [0.2, 0.25) is 0 Å². The van der Waals surface area contributed by atoms with E-state index in [9.17, 15) is 17.6 Å². The molecule has 2 aromatic rings. The van der Waals surface area contributed by atoms with E-state index in [1.807, 2.05) is 0 Å². The number of benzene rings is 2. The summed E-state index contributed by atoms with van der Waals surface area (Å²) in [6, 6.07) is 10.7. The number of halogens is 1. The summed E-state index contributed by atoms with van der Waals surface area (Å²) in [6.07, 6.45) is 0.645. The van der Waals surface area contributed by atoms with Gasteiger partial charge in [0.15, 0.2) is 0 Å². The first-order valence-electron chi connectivity index (χ1n) is 7.58. The molecule has 2 aromatic carbocycles. The number of hydrogen-bond donors (Lipinski definition) is 2. The molecule has 0 fully saturated rings. The minimum Gasteiger partial charge on any atom is -0.385 e. The van der Waals surface area contributed by atoms with Gasteiger partial charge in [0.25, 0.3) is 15.9 Å². The molecule has 0 spiro atoms. The molecular formula is C17H19FN2O4S. The quantitative estimate of drug-likeness (QED) is 0.703. The highest BCUT2D eigenvalue weighted by atomic mass is 32.2. The predicted octanol–water partition coefficient (Wildman–Crippen LogP) is 2.39. The van der Waals surface area contributed by atoms with Crippen LogP contribution >= 0.6 is 0 Å².